The molecule has 0 bridgehead atoms. The summed E-state index contributed by atoms with van der Waals surface area (Å²) >= 11 is 7.74. The van der Waals surface area contributed by atoms with E-state index >= 15 is 0 Å². The maximum absolute atomic E-state index is 13.3. The number of aryl methyl sites for hydroxylation is 2. The molecule has 4 aromatic rings. The van der Waals surface area contributed by atoms with E-state index in [4.69, 9.17) is 11.6 Å². The zero-order valence-electron chi connectivity index (χ0n) is 19.4. The first-order valence-corrected chi connectivity index (χ1v) is 13.9. The molecule has 7 nitrogen and oxygen atoms in total. The highest BCUT2D eigenvalue weighted by Gasteiger charge is 2.31. The quantitative estimate of drug-likeness (QED) is 0.380. The molecule has 0 radical (unpaired) electrons. The Morgan fingerprint density at radius 1 is 1.03 bits per heavy atom. The van der Waals surface area contributed by atoms with Gasteiger partial charge < -0.3 is 4.90 Å². The summed E-state index contributed by atoms with van der Waals surface area (Å²) < 4.78 is 29.3. The predicted molar refractivity (Wildman–Crippen MR) is 139 cm³/mol. The summed E-state index contributed by atoms with van der Waals surface area (Å²) in [5.74, 6) is -0.0812. The fourth-order valence-electron chi connectivity index (χ4n) is 4.26. The normalized spacial score (nSPS) is 15.1. The number of halogens is 1. The summed E-state index contributed by atoms with van der Waals surface area (Å²) in [6.07, 6.45) is 0. The molecule has 3 heterocycles. The number of aromatic nitrogens is 2. The minimum absolute atomic E-state index is 0.0812. The maximum Gasteiger partial charge on any atom is 0.264 e. The second-order valence-corrected chi connectivity index (χ2v) is 12.0. The first-order valence-electron chi connectivity index (χ1n) is 11.3. The minimum atomic E-state index is -3.57. The average molecular weight is 529 g/mol. The molecule has 5 rings (SSSR count). The lowest BCUT2D eigenvalue weighted by molar-refractivity contribution is 0.0703. The van der Waals surface area contributed by atoms with Gasteiger partial charge in [-0.15, -0.1) is 11.3 Å². The monoisotopic (exact) mass is 528 g/mol. The topological polar surface area (TPSA) is 75.5 Å². The first kappa shape index (κ1) is 24.0. The first-order chi connectivity index (χ1) is 16.7. The molecule has 0 atom stereocenters. The van der Waals surface area contributed by atoms with Gasteiger partial charge in [-0.25, -0.2) is 8.42 Å². The highest BCUT2D eigenvalue weighted by Crippen LogP contribution is 2.31. The Labute approximate surface area is 213 Å². The third-order valence-corrected chi connectivity index (χ3v) is 9.70. The second-order valence-electron chi connectivity index (χ2n) is 8.67. The molecular weight excluding hydrogens is 504 g/mol. The van der Waals surface area contributed by atoms with Gasteiger partial charge in [0.2, 0.25) is 10.0 Å². The van der Waals surface area contributed by atoms with Crippen molar-refractivity contribution < 1.29 is 13.2 Å². The molecule has 182 valence electrons. The van der Waals surface area contributed by atoms with Gasteiger partial charge in [0, 0.05) is 36.6 Å². The Bertz CT molecular complexity index is 1500. The minimum Gasteiger partial charge on any atom is -0.335 e. The highest BCUT2D eigenvalue weighted by molar-refractivity contribution is 7.89. The van der Waals surface area contributed by atoms with Crippen LogP contribution in [0.1, 0.15) is 26.5 Å². The molecule has 2 aromatic carbocycles. The van der Waals surface area contributed by atoms with E-state index in [1.807, 2.05) is 48.9 Å². The fraction of sp³-hybridized carbons (Fsp3) is 0.280. The summed E-state index contributed by atoms with van der Waals surface area (Å²) in [6, 6.07) is 16.4. The molecule has 1 saturated heterocycles. The van der Waals surface area contributed by atoms with Crippen molar-refractivity contribution in [2.24, 2.45) is 0 Å². The number of piperazine rings is 1. The molecule has 2 aromatic heterocycles. The van der Waals surface area contributed by atoms with Crippen LogP contribution < -0.4 is 0 Å². The number of sulfonamides is 1. The number of fused-ring (bicyclic) bond motifs is 1. The van der Waals surface area contributed by atoms with E-state index in [0.29, 0.717) is 29.5 Å². The lowest BCUT2D eigenvalue weighted by Crippen LogP contribution is -2.50. The third kappa shape index (κ3) is 4.61. The average Bonchev–Trinajstić information content (AvgIpc) is 3.41. The van der Waals surface area contributed by atoms with Crippen LogP contribution in [0, 0.1) is 13.8 Å². The van der Waals surface area contributed by atoms with Crippen molar-refractivity contribution in [2.75, 3.05) is 26.2 Å². The molecule has 1 aliphatic heterocycles. The van der Waals surface area contributed by atoms with E-state index in [0.717, 1.165) is 27.0 Å². The number of thiophene rings is 1. The molecule has 10 heteroatoms. The van der Waals surface area contributed by atoms with Gasteiger partial charge in [-0.05, 0) is 43.7 Å². The van der Waals surface area contributed by atoms with Crippen molar-refractivity contribution in [2.45, 2.75) is 25.3 Å². The van der Waals surface area contributed by atoms with Gasteiger partial charge in [-0.1, -0.05) is 47.5 Å². The van der Waals surface area contributed by atoms with Crippen molar-refractivity contribution in [3.63, 3.8) is 0 Å². The zero-order valence-corrected chi connectivity index (χ0v) is 21.8. The van der Waals surface area contributed by atoms with E-state index in [1.165, 1.54) is 15.6 Å². The molecule has 0 aliphatic carbocycles. The number of hydrogen-bond donors (Lipinski definition) is 0. The van der Waals surface area contributed by atoms with Gasteiger partial charge in [0.15, 0.2) is 0 Å². The lowest BCUT2D eigenvalue weighted by Gasteiger charge is -2.33. The number of amides is 1. The van der Waals surface area contributed by atoms with Gasteiger partial charge in [0.1, 0.15) is 4.83 Å². The van der Waals surface area contributed by atoms with Crippen molar-refractivity contribution in [3.05, 3.63) is 81.3 Å². The van der Waals surface area contributed by atoms with Crippen LogP contribution in [-0.2, 0) is 16.6 Å². The zero-order chi connectivity index (χ0) is 24.7. The Kier molecular flexibility index (Phi) is 6.43. The number of carbonyl (C=O) groups is 1. The smallest absolute Gasteiger partial charge is 0.264 e. The SMILES string of the molecule is Cc1ccc(S(=O)(=O)N2CCN(C(=O)c3cc4c(C)nn(Cc5ccccc5Cl)c4s3)CC2)cc1. The van der Waals surface area contributed by atoms with Gasteiger partial charge in [0.05, 0.1) is 22.0 Å². The number of rotatable bonds is 5. The van der Waals surface area contributed by atoms with Crippen LogP contribution in [0.5, 0.6) is 0 Å². The summed E-state index contributed by atoms with van der Waals surface area (Å²) in [5, 5.41) is 6.27. The number of hydrogen-bond acceptors (Lipinski definition) is 5. The summed E-state index contributed by atoms with van der Waals surface area (Å²) in [6.45, 7) is 5.61. The van der Waals surface area contributed by atoms with E-state index < -0.39 is 10.0 Å². The number of nitrogens with zero attached hydrogens (tertiary/aromatic N) is 4. The van der Waals surface area contributed by atoms with Crippen LogP contribution >= 0.6 is 22.9 Å². The van der Waals surface area contributed by atoms with Crippen LogP contribution in [0.4, 0.5) is 0 Å². The number of benzene rings is 2. The van der Waals surface area contributed by atoms with E-state index in [9.17, 15) is 13.2 Å². The molecule has 0 N–H and O–H groups in total. The Hall–Kier alpha value is -2.72. The lowest BCUT2D eigenvalue weighted by atomic mass is 10.2. The molecule has 35 heavy (non-hydrogen) atoms. The van der Waals surface area contributed by atoms with Crippen LogP contribution in [0.15, 0.2) is 59.5 Å². The Morgan fingerprint density at radius 3 is 2.40 bits per heavy atom. The fourth-order valence-corrected chi connectivity index (χ4v) is 7.01. The highest BCUT2D eigenvalue weighted by atomic mass is 35.5. The van der Waals surface area contributed by atoms with Crippen molar-refractivity contribution in [3.8, 4) is 0 Å². The largest absolute Gasteiger partial charge is 0.335 e. The van der Waals surface area contributed by atoms with E-state index in [2.05, 4.69) is 5.10 Å². The van der Waals surface area contributed by atoms with E-state index in [1.54, 1.807) is 29.2 Å². The standard InChI is InChI=1S/C25H25ClN4O3S2/c1-17-7-9-20(10-8-17)35(32,33)29-13-11-28(12-14-29)24(31)23-15-21-18(2)27-30(25(21)34-23)16-19-5-3-4-6-22(19)26/h3-10,15H,11-14,16H2,1-2H3. The van der Waals surface area contributed by atoms with Gasteiger partial charge in [-0.2, -0.15) is 9.40 Å². The van der Waals surface area contributed by atoms with Crippen LogP contribution in [0.2, 0.25) is 5.02 Å². The summed E-state index contributed by atoms with van der Waals surface area (Å²) in [4.78, 5) is 16.8. The van der Waals surface area contributed by atoms with Crippen LogP contribution in [-0.4, -0.2) is 59.5 Å². The third-order valence-electron chi connectivity index (χ3n) is 6.28. The Balaban J connectivity index is 1.31. The van der Waals surface area contributed by atoms with Crippen LogP contribution in [0.3, 0.4) is 0 Å². The Morgan fingerprint density at radius 2 is 1.71 bits per heavy atom. The molecular formula is C25H25ClN4O3S2. The van der Waals surface area contributed by atoms with Crippen molar-refractivity contribution in [1.82, 2.24) is 19.0 Å². The van der Waals surface area contributed by atoms with Gasteiger partial charge in [0.25, 0.3) is 5.91 Å². The van der Waals surface area contributed by atoms with Gasteiger partial charge >= 0.3 is 0 Å². The molecule has 1 fully saturated rings. The van der Waals surface area contributed by atoms with E-state index in [-0.39, 0.29) is 23.9 Å². The van der Waals surface area contributed by atoms with Crippen molar-refractivity contribution in [1.29, 1.82) is 0 Å². The molecule has 1 amide bonds. The van der Waals surface area contributed by atoms with Crippen LogP contribution in [0.25, 0.3) is 10.2 Å². The predicted octanol–water partition coefficient (Wildman–Crippen LogP) is 4.56. The molecule has 1 aliphatic rings. The second kappa shape index (κ2) is 9.39. The van der Waals surface area contributed by atoms with Crippen molar-refractivity contribution >= 4 is 49.1 Å². The maximum atomic E-state index is 13.3. The molecule has 0 unspecified atom stereocenters. The summed E-state index contributed by atoms with van der Waals surface area (Å²) in [7, 11) is -3.57. The summed E-state index contributed by atoms with van der Waals surface area (Å²) in [5.41, 5.74) is 2.83. The molecule has 0 saturated carbocycles. The molecule has 0 spiro atoms. The van der Waals surface area contributed by atoms with Gasteiger partial charge in [-0.3, -0.25) is 9.48 Å². The number of carbonyl (C=O) groups excluding carboxylic acids is 1.